The number of benzene rings is 1. The Morgan fingerprint density at radius 1 is 1.38 bits per heavy atom. The van der Waals surface area contributed by atoms with Gasteiger partial charge < -0.3 is 15.4 Å². The van der Waals surface area contributed by atoms with Gasteiger partial charge in [-0.2, -0.15) is 0 Å². The Balaban J connectivity index is 1.92. The van der Waals surface area contributed by atoms with Crippen LogP contribution in [-0.2, 0) is 4.79 Å². The number of carbonyl (C=O) groups excluding carboxylic acids is 1. The third kappa shape index (κ3) is 3.91. The predicted molar refractivity (Wildman–Crippen MR) is 77.0 cm³/mol. The number of nitrogens with two attached hydrogens (primary N) is 1. The van der Waals surface area contributed by atoms with Crippen molar-refractivity contribution < 1.29 is 14.5 Å². The molecule has 0 aromatic heterocycles. The monoisotopic (exact) mass is 293 g/mol. The van der Waals surface area contributed by atoms with E-state index in [4.69, 9.17) is 10.5 Å². The Morgan fingerprint density at radius 2 is 1.95 bits per heavy atom. The van der Waals surface area contributed by atoms with Crippen molar-refractivity contribution in [1.82, 2.24) is 4.90 Å². The maximum atomic E-state index is 12.2. The highest BCUT2D eigenvalue weighted by molar-refractivity contribution is 5.81. The fourth-order valence-electron chi connectivity index (χ4n) is 2.28. The highest BCUT2D eigenvalue weighted by Crippen LogP contribution is 2.19. The van der Waals surface area contributed by atoms with Crippen LogP contribution in [0.1, 0.15) is 19.8 Å². The lowest BCUT2D eigenvalue weighted by Crippen LogP contribution is -2.47. The number of likely N-dealkylation sites (tertiary alicyclic amines) is 1. The highest BCUT2D eigenvalue weighted by Gasteiger charge is 2.25. The number of amides is 1. The van der Waals surface area contributed by atoms with Crippen molar-refractivity contribution >= 4 is 11.6 Å². The summed E-state index contributed by atoms with van der Waals surface area (Å²) in [5.41, 5.74) is 5.80. The number of nitro groups is 1. The first kappa shape index (κ1) is 15.2. The minimum absolute atomic E-state index is 0.00801. The molecule has 0 bridgehead atoms. The largest absolute Gasteiger partial charge is 0.481 e. The molecule has 1 aliphatic heterocycles. The molecule has 2 rings (SSSR count). The highest BCUT2D eigenvalue weighted by atomic mass is 16.6. The van der Waals surface area contributed by atoms with E-state index in [0.29, 0.717) is 18.8 Å². The number of hydrogen-bond donors (Lipinski definition) is 1. The van der Waals surface area contributed by atoms with Crippen molar-refractivity contribution in [3.8, 4) is 5.75 Å². The summed E-state index contributed by atoms with van der Waals surface area (Å²) in [5, 5.41) is 10.6. The SMILES string of the molecule is CC(Oc1ccc([N+](=O)[O-])cc1)C(=O)N1CCC(N)CC1. The lowest BCUT2D eigenvalue weighted by Gasteiger charge is -2.32. The number of piperidine rings is 1. The van der Waals surface area contributed by atoms with Crippen LogP contribution in [0.3, 0.4) is 0 Å². The first-order valence-corrected chi connectivity index (χ1v) is 6.93. The molecular weight excluding hydrogens is 274 g/mol. The molecule has 0 spiro atoms. The minimum Gasteiger partial charge on any atom is -0.481 e. The molecule has 1 aromatic carbocycles. The molecule has 7 nitrogen and oxygen atoms in total. The number of ether oxygens (including phenoxy) is 1. The summed E-state index contributed by atoms with van der Waals surface area (Å²) in [4.78, 5) is 24.1. The zero-order valence-corrected chi connectivity index (χ0v) is 11.9. The van der Waals surface area contributed by atoms with Gasteiger partial charge in [0.1, 0.15) is 5.75 Å². The van der Waals surface area contributed by atoms with E-state index < -0.39 is 11.0 Å². The maximum Gasteiger partial charge on any atom is 0.269 e. The van der Waals surface area contributed by atoms with Crippen molar-refractivity contribution in [2.75, 3.05) is 13.1 Å². The summed E-state index contributed by atoms with van der Waals surface area (Å²) >= 11 is 0. The normalized spacial score (nSPS) is 17.3. The zero-order chi connectivity index (χ0) is 15.4. The van der Waals surface area contributed by atoms with Crippen LogP contribution in [0.2, 0.25) is 0 Å². The molecular formula is C14H19N3O4. The molecule has 7 heteroatoms. The molecule has 1 atom stereocenters. The van der Waals surface area contributed by atoms with E-state index in [2.05, 4.69) is 0 Å². The smallest absolute Gasteiger partial charge is 0.269 e. The molecule has 0 saturated carbocycles. The summed E-state index contributed by atoms with van der Waals surface area (Å²) in [6, 6.07) is 5.86. The van der Waals surface area contributed by atoms with Gasteiger partial charge in [0.2, 0.25) is 0 Å². The van der Waals surface area contributed by atoms with Gasteiger partial charge in [-0.25, -0.2) is 0 Å². The molecule has 1 aliphatic rings. The number of non-ortho nitro benzene ring substituents is 1. The Morgan fingerprint density at radius 3 is 2.48 bits per heavy atom. The van der Waals surface area contributed by atoms with Crippen LogP contribution >= 0.6 is 0 Å². The van der Waals surface area contributed by atoms with Gasteiger partial charge in [-0.05, 0) is 31.9 Å². The molecule has 1 fully saturated rings. The number of nitro benzene ring substituents is 1. The van der Waals surface area contributed by atoms with Crippen LogP contribution in [0.4, 0.5) is 5.69 Å². The second-order valence-electron chi connectivity index (χ2n) is 5.17. The van der Waals surface area contributed by atoms with Gasteiger partial charge in [0.25, 0.3) is 11.6 Å². The van der Waals surface area contributed by atoms with Gasteiger partial charge in [-0.1, -0.05) is 0 Å². The van der Waals surface area contributed by atoms with Gasteiger partial charge in [-0.15, -0.1) is 0 Å². The van der Waals surface area contributed by atoms with Crippen molar-refractivity contribution in [2.24, 2.45) is 5.73 Å². The Labute approximate surface area is 122 Å². The molecule has 1 saturated heterocycles. The molecule has 114 valence electrons. The number of rotatable bonds is 4. The van der Waals surface area contributed by atoms with E-state index in [1.165, 1.54) is 24.3 Å². The van der Waals surface area contributed by atoms with Crippen molar-refractivity contribution in [1.29, 1.82) is 0 Å². The molecule has 0 aliphatic carbocycles. The summed E-state index contributed by atoms with van der Waals surface area (Å²) in [6.45, 7) is 2.97. The van der Waals surface area contributed by atoms with E-state index in [-0.39, 0.29) is 17.6 Å². The second-order valence-corrected chi connectivity index (χ2v) is 5.17. The van der Waals surface area contributed by atoms with E-state index in [0.717, 1.165) is 12.8 Å². The Kier molecular flexibility index (Phi) is 4.74. The molecule has 1 heterocycles. The standard InChI is InChI=1S/C14H19N3O4/c1-10(14(18)16-8-6-11(15)7-9-16)21-13-4-2-12(3-5-13)17(19)20/h2-5,10-11H,6-9,15H2,1H3. The van der Waals surface area contributed by atoms with E-state index in [1.807, 2.05) is 0 Å². The van der Waals surface area contributed by atoms with Crippen molar-refractivity contribution in [3.05, 3.63) is 34.4 Å². The Hall–Kier alpha value is -2.15. The zero-order valence-electron chi connectivity index (χ0n) is 11.9. The summed E-state index contributed by atoms with van der Waals surface area (Å²) in [5.74, 6) is 0.357. The molecule has 1 amide bonds. The fourth-order valence-corrected chi connectivity index (χ4v) is 2.28. The quantitative estimate of drug-likeness (QED) is 0.666. The van der Waals surface area contributed by atoms with Crippen LogP contribution in [0.15, 0.2) is 24.3 Å². The van der Waals surface area contributed by atoms with Crippen LogP contribution in [-0.4, -0.2) is 41.0 Å². The van der Waals surface area contributed by atoms with Gasteiger partial charge in [-0.3, -0.25) is 14.9 Å². The lowest BCUT2D eigenvalue weighted by atomic mass is 10.1. The Bertz CT molecular complexity index is 509. The van der Waals surface area contributed by atoms with Crippen LogP contribution in [0.5, 0.6) is 5.75 Å². The average Bonchev–Trinajstić information content (AvgIpc) is 2.47. The van der Waals surface area contributed by atoms with Crippen LogP contribution in [0, 0.1) is 10.1 Å². The third-order valence-electron chi connectivity index (χ3n) is 3.56. The minimum atomic E-state index is -0.624. The number of carbonyl (C=O) groups is 1. The van der Waals surface area contributed by atoms with Crippen LogP contribution in [0.25, 0.3) is 0 Å². The molecule has 2 N–H and O–H groups in total. The van der Waals surface area contributed by atoms with E-state index in [9.17, 15) is 14.9 Å². The van der Waals surface area contributed by atoms with Crippen molar-refractivity contribution in [2.45, 2.75) is 31.9 Å². The maximum absolute atomic E-state index is 12.2. The first-order chi connectivity index (χ1) is 9.97. The number of nitrogens with zero attached hydrogens (tertiary/aromatic N) is 2. The lowest BCUT2D eigenvalue weighted by molar-refractivity contribution is -0.384. The van der Waals surface area contributed by atoms with Crippen molar-refractivity contribution in [3.63, 3.8) is 0 Å². The number of hydrogen-bond acceptors (Lipinski definition) is 5. The molecule has 21 heavy (non-hydrogen) atoms. The van der Waals surface area contributed by atoms with E-state index in [1.54, 1.807) is 11.8 Å². The fraction of sp³-hybridized carbons (Fsp3) is 0.500. The van der Waals surface area contributed by atoms with Gasteiger partial charge in [0.15, 0.2) is 6.10 Å². The summed E-state index contributed by atoms with van der Waals surface area (Å²) < 4.78 is 5.55. The summed E-state index contributed by atoms with van der Waals surface area (Å²) in [7, 11) is 0. The first-order valence-electron chi connectivity index (χ1n) is 6.93. The second kappa shape index (κ2) is 6.53. The average molecular weight is 293 g/mol. The van der Waals surface area contributed by atoms with Gasteiger partial charge in [0, 0.05) is 31.3 Å². The van der Waals surface area contributed by atoms with Gasteiger partial charge >= 0.3 is 0 Å². The third-order valence-corrected chi connectivity index (χ3v) is 3.56. The van der Waals surface area contributed by atoms with Crippen LogP contribution < -0.4 is 10.5 Å². The molecule has 1 aromatic rings. The van der Waals surface area contributed by atoms with Gasteiger partial charge in [0.05, 0.1) is 4.92 Å². The molecule has 1 unspecified atom stereocenters. The topological polar surface area (TPSA) is 98.7 Å². The molecule has 0 radical (unpaired) electrons. The van der Waals surface area contributed by atoms with E-state index >= 15 is 0 Å². The summed E-state index contributed by atoms with van der Waals surface area (Å²) in [6.07, 6.45) is 0.979. The predicted octanol–water partition coefficient (Wildman–Crippen LogP) is 1.31.